The van der Waals surface area contributed by atoms with Crippen LogP contribution in [0.1, 0.15) is 36.8 Å². The first-order valence-corrected chi connectivity index (χ1v) is 7.25. The number of nitrogens with zero attached hydrogens (tertiary/aromatic N) is 3. The predicted molar refractivity (Wildman–Crippen MR) is 81.0 cm³/mol. The zero-order valence-electron chi connectivity index (χ0n) is 11.9. The minimum absolute atomic E-state index is 0.397. The number of rotatable bonds is 2. The molecule has 1 aromatic rings. The maximum atomic E-state index is 9.85. The maximum Gasteiger partial charge on any atom is 0.0867 e. The first kappa shape index (κ1) is 13.7. The monoisotopic (exact) mass is 275 g/mol. The average Bonchev–Trinajstić information content (AvgIpc) is 2.78. The highest BCUT2D eigenvalue weighted by atomic mass is 15.2. The van der Waals surface area contributed by atoms with Gasteiger partial charge in [-0.1, -0.05) is 11.8 Å². The summed E-state index contributed by atoms with van der Waals surface area (Å²) < 4.78 is 0. The normalized spacial score (nSPS) is 31.1. The van der Waals surface area contributed by atoms with Crippen LogP contribution in [0.4, 0.5) is 0 Å². The second kappa shape index (κ2) is 5.25. The van der Waals surface area contributed by atoms with Crippen molar-refractivity contribution < 1.29 is 0 Å². The van der Waals surface area contributed by atoms with Crippen LogP contribution in [0.5, 0.6) is 0 Å². The van der Waals surface area contributed by atoms with Gasteiger partial charge in [-0.15, -0.1) is 12.8 Å². The molecule has 3 heteroatoms. The van der Waals surface area contributed by atoms with E-state index < -0.39 is 5.41 Å². The highest BCUT2D eigenvalue weighted by Gasteiger charge is 2.49. The van der Waals surface area contributed by atoms with Crippen molar-refractivity contribution in [1.29, 1.82) is 5.26 Å². The van der Waals surface area contributed by atoms with Crippen molar-refractivity contribution in [3.8, 4) is 30.8 Å². The fraction of sp³-hybridized carbons (Fsp3) is 0.444. The lowest BCUT2D eigenvalue weighted by molar-refractivity contribution is 0.121. The molecular weight excluding hydrogens is 258 g/mol. The molecular formula is C18H17N3. The zero-order chi connectivity index (χ0) is 14.9. The topological polar surface area (TPSA) is 39.9 Å². The third kappa shape index (κ3) is 2.19. The molecule has 1 unspecified atom stereocenters. The van der Waals surface area contributed by atoms with E-state index in [0.717, 1.165) is 36.8 Å². The van der Waals surface area contributed by atoms with Crippen LogP contribution in [0.25, 0.3) is 0 Å². The molecule has 2 saturated heterocycles. The van der Waals surface area contributed by atoms with Gasteiger partial charge in [-0.25, -0.2) is 0 Å². The van der Waals surface area contributed by atoms with E-state index in [1.54, 1.807) is 12.4 Å². The van der Waals surface area contributed by atoms with Gasteiger partial charge in [-0.05, 0) is 37.3 Å². The van der Waals surface area contributed by atoms with Gasteiger partial charge in [-0.3, -0.25) is 9.88 Å². The Bertz CT molecular complexity index is 657. The van der Waals surface area contributed by atoms with Crippen LogP contribution in [0.15, 0.2) is 18.5 Å². The van der Waals surface area contributed by atoms with Gasteiger partial charge in [0.25, 0.3) is 0 Å². The Labute approximate surface area is 126 Å². The number of hydrogen-bond acceptors (Lipinski definition) is 3. The molecule has 2 aliphatic rings. The summed E-state index contributed by atoms with van der Waals surface area (Å²) in [5.41, 5.74) is 1.22. The predicted octanol–water partition coefficient (Wildman–Crippen LogP) is 2.08. The molecule has 1 aromatic heterocycles. The highest BCUT2D eigenvalue weighted by Crippen LogP contribution is 2.46. The van der Waals surface area contributed by atoms with E-state index in [4.69, 9.17) is 12.8 Å². The van der Waals surface area contributed by atoms with Gasteiger partial charge >= 0.3 is 0 Å². The second-order valence-electron chi connectivity index (χ2n) is 5.97. The van der Waals surface area contributed by atoms with E-state index in [1.165, 1.54) is 0 Å². The third-order valence-corrected chi connectivity index (χ3v) is 4.88. The van der Waals surface area contributed by atoms with Crippen molar-refractivity contribution in [2.45, 2.75) is 43.2 Å². The molecule has 2 bridgehead atoms. The summed E-state index contributed by atoms with van der Waals surface area (Å²) in [6.45, 7) is 0.680. The molecule has 3 heterocycles. The van der Waals surface area contributed by atoms with E-state index in [1.807, 2.05) is 6.07 Å². The number of aromatic nitrogens is 1. The minimum atomic E-state index is -0.475. The Balaban J connectivity index is 1.96. The van der Waals surface area contributed by atoms with E-state index in [-0.39, 0.29) is 0 Å². The van der Waals surface area contributed by atoms with Crippen LogP contribution in [-0.2, 0) is 5.41 Å². The molecule has 0 N–H and O–H groups in total. The molecule has 21 heavy (non-hydrogen) atoms. The lowest BCUT2D eigenvalue weighted by atomic mass is 9.71. The summed E-state index contributed by atoms with van der Waals surface area (Å²) in [5, 5.41) is 9.85. The fourth-order valence-electron chi connectivity index (χ4n) is 3.88. The number of hydrogen-bond donors (Lipinski definition) is 0. The van der Waals surface area contributed by atoms with Crippen LogP contribution in [0, 0.1) is 36.0 Å². The van der Waals surface area contributed by atoms with Crippen LogP contribution in [-0.4, -0.2) is 28.5 Å². The Hall–Kier alpha value is -2.28. The molecule has 3 nitrogen and oxygen atoms in total. The summed E-state index contributed by atoms with van der Waals surface area (Å²) in [7, 11) is 0. The molecule has 0 radical (unpaired) electrons. The molecule has 3 rings (SSSR count). The standard InChI is InChI=1S/C18H17N3/c1-3-7-21-16-5-6-17(21)10-18(9-16,13-19)15-8-14(4-2)11-20-12-15/h1-2,8,11-12,16-17H,5-7,9-10H2/t16-,17+,18?. The summed E-state index contributed by atoms with van der Waals surface area (Å²) in [4.78, 5) is 6.59. The smallest absolute Gasteiger partial charge is 0.0867 e. The van der Waals surface area contributed by atoms with Gasteiger partial charge in [0, 0.05) is 30.0 Å². The van der Waals surface area contributed by atoms with Crippen molar-refractivity contribution >= 4 is 0 Å². The average molecular weight is 275 g/mol. The number of piperidine rings is 1. The SMILES string of the molecule is C#CCN1[C@@H]2CC[C@H]1CC(C#N)(c1cncc(C#C)c1)C2. The molecule has 2 aliphatic heterocycles. The molecule has 2 fully saturated rings. The second-order valence-corrected chi connectivity index (χ2v) is 5.97. The van der Waals surface area contributed by atoms with Crippen molar-refractivity contribution in [3.05, 3.63) is 29.6 Å². The number of terminal acetylenes is 2. The Morgan fingerprint density at radius 1 is 1.29 bits per heavy atom. The Kier molecular flexibility index (Phi) is 3.42. The molecule has 0 saturated carbocycles. The molecule has 0 aromatic carbocycles. The van der Waals surface area contributed by atoms with Crippen molar-refractivity contribution in [2.24, 2.45) is 0 Å². The zero-order valence-corrected chi connectivity index (χ0v) is 11.9. The summed E-state index contributed by atoms with van der Waals surface area (Å²) >= 11 is 0. The third-order valence-electron chi connectivity index (χ3n) is 4.88. The molecule has 0 aliphatic carbocycles. The first-order chi connectivity index (χ1) is 10.2. The van der Waals surface area contributed by atoms with Crippen LogP contribution in [0.2, 0.25) is 0 Å². The van der Waals surface area contributed by atoms with Crippen LogP contribution in [0.3, 0.4) is 0 Å². The number of fused-ring (bicyclic) bond motifs is 2. The van der Waals surface area contributed by atoms with Gasteiger partial charge in [0.1, 0.15) is 0 Å². The lowest BCUT2D eigenvalue weighted by Gasteiger charge is -2.42. The Morgan fingerprint density at radius 2 is 2.00 bits per heavy atom. The van der Waals surface area contributed by atoms with Gasteiger partial charge < -0.3 is 0 Å². The van der Waals surface area contributed by atoms with E-state index in [0.29, 0.717) is 18.6 Å². The number of nitriles is 1. The summed E-state index contributed by atoms with van der Waals surface area (Å²) in [6, 6.07) is 5.29. The van der Waals surface area contributed by atoms with Crippen molar-refractivity contribution in [2.75, 3.05) is 6.54 Å². The minimum Gasteiger partial charge on any atom is -0.286 e. The number of pyridine rings is 1. The van der Waals surface area contributed by atoms with E-state index in [9.17, 15) is 5.26 Å². The lowest BCUT2D eigenvalue weighted by Crippen LogP contribution is -2.49. The summed E-state index contributed by atoms with van der Waals surface area (Å²) in [5.74, 6) is 5.35. The quantitative estimate of drug-likeness (QED) is 0.776. The fourth-order valence-corrected chi connectivity index (χ4v) is 3.88. The van der Waals surface area contributed by atoms with Crippen LogP contribution < -0.4 is 0 Å². The van der Waals surface area contributed by atoms with Gasteiger partial charge in [-0.2, -0.15) is 5.26 Å². The highest BCUT2D eigenvalue weighted by molar-refractivity contribution is 5.40. The molecule has 0 spiro atoms. The molecule has 3 atom stereocenters. The largest absolute Gasteiger partial charge is 0.286 e. The molecule has 0 amide bonds. The van der Waals surface area contributed by atoms with Gasteiger partial charge in [0.2, 0.25) is 0 Å². The van der Waals surface area contributed by atoms with E-state index in [2.05, 4.69) is 27.8 Å². The maximum absolute atomic E-state index is 9.85. The summed E-state index contributed by atoms with van der Waals surface area (Å²) in [6.07, 6.45) is 18.3. The first-order valence-electron chi connectivity index (χ1n) is 7.25. The van der Waals surface area contributed by atoms with Crippen molar-refractivity contribution in [3.63, 3.8) is 0 Å². The Morgan fingerprint density at radius 3 is 2.57 bits per heavy atom. The van der Waals surface area contributed by atoms with Gasteiger partial charge in [0.05, 0.1) is 18.0 Å². The van der Waals surface area contributed by atoms with Crippen LogP contribution >= 0.6 is 0 Å². The van der Waals surface area contributed by atoms with Crippen molar-refractivity contribution in [1.82, 2.24) is 9.88 Å². The van der Waals surface area contributed by atoms with Gasteiger partial charge in [0.15, 0.2) is 0 Å². The molecule has 104 valence electrons. The van der Waals surface area contributed by atoms with E-state index >= 15 is 0 Å².